The number of halogens is 4. The molecule has 1 aliphatic rings. The van der Waals surface area contributed by atoms with E-state index in [2.05, 4.69) is 19.2 Å². The lowest BCUT2D eigenvalue weighted by atomic mass is 9.95. The molecule has 0 bridgehead atoms. The maximum atomic E-state index is 13.9. The Morgan fingerprint density at radius 1 is 1.18 bits per heavy atom. The molecule has 1 aliphatic carbocycles. The van der Waals surface area contributed by atoms with Crippen LogP contribution < -0.4 is 5.14 Å². The molecule has 1 aromatic carbocycles. The van der Waals surface area contributed by atoms with Crippen LogP contribution in [0.4, 0.5) is 17.6 Å². The Morgan fingerprint density at radius 2 is 1.90 bits per heavy atom. The van der Waals surface area contributed by atoms with Crippen molar-refractivity contribution >= 4 is 16.1 Å². The van der Waals surface area contributed by atoms with E-state index >= 15 is 0 Å². The van der Waals surface area contributed by atoms with Gasteiger partial charge in [0, 0.05) is 18.3 Å². The minimum Gasteiger partial charge on any atom is -0.390 e. The van der Waals surface area contributed by atoms with Crippen molar-refractivity contribution in [2.45, 2.75) is 37.8 Å². The molecule has 2 heterocycles. The predicted molar refractivity (Wildman–Crippen MR) is 125 cm³/mol. The number of alkyl halides is 3. The van der Waals surface area contributed by atoms with Gasteiger partial charge < -0.3 is 10.2 Å². The summed E-state index contributed by atoms with van der Waals surface area (Å²) in [7, 11) is -4.24. The van der Waals surface area contributed by atoms with E-state index in [0.717, 1.165) is 12.1 Å². The molecule has 1 fully saturated rings. The van der Waals surface area contributed by atoms with Crippen molar-refractivity contribution in [3.63, 3.8) is 0 Å². The molecule has 16 heteroatoms. The molecule has 39 heavy (non-hydrogen) atoms. The molecule has 3 aromatic rings. The summed E-state index contributed by atoms with van der Waals surface area (Å²) in [5, 5.41) is 29.7. The Hall–Kier alpha value is -3.31. The molecule has 4 rings (SSSR count). The van der Waals surface area contributed by atoms with E-state index in [-0.39, 0.29) is 41.9 Å². The number of nitrogens with two attached hydrogens (primary N) is 1. The topological polar surface area (TPSA) is 171 Å². The third kappa shape index (κ3) is 6.83. The summed E-state index contributed by atoms with van der Waals surface area (Å²) < 4.78 is 80.2. The van der Waals surface area contributed by atoms with Gasteiger partial charge in [-0.15, -0.1) is 0 Å². The minimum atomic E-state index is -4.82. The number of aromatic nitrogens is 4. The molecule has 0 unspecified atom stereocenters. The molecule has 1 saturated carbocycles. The number of nitrogens with zero attached hydrogens (tertiary/aromatic N) is 4. The van der Waals surface area contributed by atoms with Gasteiger partial charge in [-0.1, -0.05) is 6.07 Å². The molecule has 4 N–H and O–H groups in total. The zero-order valence-corrected chi connectivity index (χ0v) is 20.8. The number of carbonyl (C=O) groups excluding carboxylic acids is 1. The van der Waals surface area contributed by atoms with Crippen molar-refractivity contribution < 1.29 is 45.2 Å². The number of benzene rings is 1. The Morgan fingerprint density at radius 3 is 2.56 bits per heavy atom. The summed E-state index contributed by atoms with van der Waals surface area (Å²) >= 11 is 0. The van der Waals surface area contributed by atoms with Crippen LogP contribution in [0.2, 0.25) is 0 Å². The fraction of sp³-hybridized carbons (Fsp3) is 0.391. The van der Waals surface area contributed by atoms with Gasteiger partial charge in [-0.25, -0.2) is 19.5 Å². The van der Waals surface area contributed by atoms with Gasteiger partial charge in [0.15, 0.2) is 0 Å². The number of rotatable bonds is 9. The van der Waals surface area contributed by atoms with Crippen molar-refractivity contribution in [3.05, 3.63) is 76.9 Å². The second-order valence-electron chi connectivity index (χ2n) is 9.14. The van der Waals surface area contributed by atoms with Gasteiger partial charge in [-0.2, -0.15) is 26.7 Å². The molecular formula is C23H23F4N5O6S. The first kappa shape index (κ1) is 28.7. The highest BCUT2D eigenvalue weighted by Gasteiger charge is 2.42. The molecule has 0 amide bonds. The molecule has 0 spiro atoms. The fourth-order valence-electron chi connectivity index (χ4n) is 4.52. The van der Waals surface area contributed by atoms with E-state index in [1.807, 2.05) is 0 Å². The number of ketones is 1. The predicted octanol–water partition coefficient (Wildman–Crippen LogP) is 1.23. The first-order valence-electron chi connectivity index (χ1n) is 11.5. The second kappa shape index (κ2) is 11.1. The van der Waals surface area contributed by atoms with Crippen molar-refractivity contribution in [1.82, 2.24) is 19.7 Å². The lowest BCUT2D eigenvalue weighted by Crippen LogP contribution is -2.31. The van der Waals surface area contributed by atoms with Crippen LogP contribution in [0, 0.1) is 17.7 Å². The second-order valence-corrected chi connectivity index (χ2v) is 10.4. The molecule has 0 saturated heterocycles. The summed E-state index contributed by atoms with van der Waals surface area (Å²) in [6.07, 6.45) is -3.30. The van der Waals surface area contributed by atoms with Crippen LogP contribution >= 0.6 is 0 Å². The molecule has 210 valence electrons. The van der Waals surface area contributed by atoms with Crippen LogP contribution in [-0.4, -0.2) is 63.0 Å². The monoisotopic (exact) mass is 573 g/mol. The van der Waals surface area contributed by atoms with E-state index in [1.165, 1.54) is 29.5 Å². The zero-order chi connectivity index (χ0) is 28.5. The summed E-state index contributed by atoms with van der Waals surface area (Å²) in [6.45, 7) is -0.530. The van der Waals surface area contributed by atoms with Gasteiger partial charge in [-0.05, 0) is 42.5 Å². The number of aliphatic hydroxyl groups is 2. The van der Waals surface area contributed by atoms with E-state index in [0.29, 0.717) is 6.07 Å². The largest absolute Gasteiger partial charge is 0.419 e. The van der Waals surface area contributed by atoms with Crippen molar-refractivity contribution in [2.75, 3.05) is 6.61 Å². The van der Waals surface area contributed by atoms with E-state index in [9.17, 15) is 41.0 Å². The number of hydrogen-bond acceptors (Lipinski definition) is 9. The number of carbonyl (C=O) groups is 1. The minimum absolute atomic E-state index is 0.0372. The van der Waals surface area contributed by atoms with Gasteiger partial charge in [-0.3, -0.25) is 13.7 Å². The van der Waals surface area contributed by atoms with Crippen molar-refractivity contribution in [1.29, 1.82) is 0 Å². The average molecular weight is 574 g/mol. The number of aliphatic hydroxyl groups excluding tert-OH is 2. The van der Waals surface area contributed by atoms with Gasteiger partial charge in [0.1, 0.15) is 17.8 Å². The summed E-state index contributed by atoms with van der Waals surface area (Å²) in [6, 6.07) is 3.86. The first-order valence-corrected chi connectivity index (χ1v) is 13.0. The lowest BCUT2D eigenvalue weighted by Gasteiger charge is -2.17. The van der Waals surface area contributed by atoms with Crippen molar-refractivity contribution in [2.24, 2.45) is 17.0 Å². The smallest absolute Gasteiger partial charge is 0.390 e. The van der Waals surface area contributed by atoms with Crippen LogP contribution in [0.1, 0.15) is 39.3 Å². The maximum absolute atomic E-state index is 13.9. The number of hydrogen-bond donors (Lipinski definition) is 3. The Bertz CT molecular complexity index is 1470. The zero-order valence-electron chi connectivity index (χ0n) is 20.0. The van der Waals surface area contributed by atoms with Crippen LogP contribution in [0.25, 0.3) is 0 Å². The van der Waals surface area contributed by atoms with Crippen molar-refractivity contribution in [3.8, 4) is 0 Å². The third-order valence-corrected chi connectivity index (χ3v) is 6.88. The third-order valence-electron chi connectivity index (χ3n) is 6.42. The highest BCUT2D eigenvalue weighted by atomic mass is 32.2. The maximum Gasteiger partial charge on any atom is 0.419 e. The van der Waals surface area contributed by atoms with Gasteiger partial charge >= 0.3 is 16.5 Å². The molecule has 11 nitrogen and oxygen atoms in total. The Kier molecular flexibility index (Phi) is 8.13. The molecule has 2 aromatic heterocycles. The summed E-state index contributed by atoms with van der Waals surface area (Å²) in [5.74, 6) is -3.32. The Labute approximate surface area is 219 Å². The first-order chi connectivity index (χ1) is 18.2. The highest BCUT2D eigenvalue weighted by molar-refractivity contribution is 7.84. The van der Waals surface area contributed by atoms with Crippen LogP contribution in [-0.2, 0) is 33.6 Å². The average Bonchev–Trinajstić information content (AvgIpc) is 3.41. The van der Waals surface area contributed by atoms with Crippen LogP contribution in [0.15, 0.2) is 43.0 Å². The van der Waals surface area contributed by atoms with E-state index in [4.69, 9.17) is 5.14 Å². The quantitative estimate of drug-likeness (QED) is 0.252. The standard InChI is InChI=1S/C23H23F4N5O6S/c24-17-5-12(1-2-16(17)23(25,26)27)9-32-4-3-18(31-32)22(35)15-8-29-11-30-19(15)7-13-6-14(21(34)20(13)33)10-38-39(28,36)37/h1-5,8,11,13-14,20-21,33-34H,6-7,9-10H2,(H2,28,36,37)/t13-,14+,20-,21+/m0/s1. The van der Waals surface area contributed by atoms with E-state index < -0.39 is 64.3 Å². The summed E-state index contributed by atoms with van der Waals surface area (Å²) in [4.78, 5) is 21.2. The normalized spacial score (nSPS) is 21.8. The SMILES string of the molecule is NS(=O)(=O)OC[C@H]1C[C@@H](Cc2ncncc2C(=O)c2ccn(Cc3ccc(C(F)(F)F)c(F)c3)n2)[C@H](O)[C@@H]1O. The van der Waals surface area contributed by atoms with Gasteiger partial charge in [0.05, 0.1) is 42.2 Å². The van der Waals surface area contributed by atoms with Crippen LogP contribution in [0.5, 0.6) is 0 Å². The van der Waals surface area contributed by atoms with Crippen LogP contribution in [0.3, 0.4) is 0 Å². The van der Waals surface area contributed by atoms with E-state index in [1.54, 1.807) is 0 Å². The van der Waals surface area contributed by atoms with Gasteiger partial charge in [0.25, 0.3) is 0 Å². The molecule has 0 radical (unpaired) electrons. The lowest BCUT2D eigenvalue weighted by molar-refractivity contribution is -0.140. The Balaban J connectivity index is 1.47. The molecule has 4 atom stereocenters. The fourth-order valence-corrected chi connectivity index (χ4v) is 4.88. The summed E-state index contributed by atoms with van der Waals surface area (Å²) in [5.41, 5.74) is -0.916. The highest BCUT2D eigenvalue weighted by Crippen LogP contribution is 2.35. The molecule has 0 aliphatic heterocycles. The molecular weight excluding hydrogens is 550 g/mol. The van der Waals surface area contributed by atoms with Gasteiger partial charge in [0.2, 0.25) is 5.78 Å².